The molecule has 2 aromatic carbocycles. The highest BCUT2D eigenvalue weighted by atomic mass is 16.5. The Balaban J connectivity index is 1.97. The minimum atomic E-state index is -0.577. The highest BCUT2D eigenvalue weighted by Crippen LogP contribution is 2.20. The number of nitrogens with one attached hydrogen (secondary N) is 1. The summed E-state index contributed by atoms with van der Waals surface area (Å²) in [5, 5.41) is 2.98. The van der Waals surface area contributed by atoms with Crippen LogP contribution in [0.2, 0.25) is 0 Å². The van der Waals surface area contributed by atoms with Crippen LogP contribution in [0.5, 0.6) is 11.5 Å². The zero-order valence-corrected chi connectivity index (χ0v) is 15.5. The number of ether oxygens (including phenoxy) is 2. The molecule has 0 aliphatic carbocycles. The number of methoxy groups -OCH3 is 1. The van der Waals surface area contributed by atoms with Gasteiger partial charge in [-0.15, -0.1) is 0 Å². The van der Waals surface area contributed by atoms with E-state index in [1.807, 2.05) is 18.2 Å². The Morgan fingerprint density at radius 3 is 2.48 bits per heavy atom. The molecule has 1 N–H and O–H groups in total. The van der Waals surface area contributed by atoms with Crippen LogP contribution in [0.3, 0.4) is 0 Å². The molecule has 0 aliphatic rings. The summed E-state index contributed by atoms with van der Waals surface area (Å²) in [5.41, 5.74) is 3.71. The van der Waals surface area contributed by atoms with Crippen molar-refractivity contribution >= 4 is 5.91 Å². The Morgan fingerprint density at radius 2 is 1.80 bits per heavy atom. The number of carbonyl (C=O) groups excluding carboxylic acids is 1. The molecular formula is C21H27NO3. The van der Waals surface area contributed by atoms with Crippen LogP contribution in [0.15, 0.2) is 42.5 Å². The molecule has 0 saturated heterocycles. The van der Waals surface area contributed by atoms with Crippen LogP contribution in [0.1, 0.15) is 37.5 Å². The molecule has 0 radical (unpaired) electrons. The van der Waals surface area contributed by atoms with E-state index in [0.29, 0.717) is 18.0 Å². The van der Waals surface area contributed by atoms with E-state index in [-0.39, 0.29) is 5.91 Å². The van der Waals surface area contributed by atoms with Gasteiger partial charge in [0.1, 0.15) is 11.5 Å². The fraction of sp³-hybridized carbons (Fsp3) is 0.381. The van der Waals surface area contributed by atoms with Crippen molar-refractivity contribution in [2.24, 2.45) is 0 Å². The fourth-order valence-electron chi connectivity index (χ4n) is 2.67. The molecule has 0 aromatic heterocycles. The molecule has 4 heteroatoms. The van der Waals surface area contributed by atoms with Crippen molar-refractivity contribution in [2.75, 3.05) is 7.11 Å². The second-order valence-electron chi connectivity index (χ2n) is 5.97. The Kier molecular flexibility index (Phi) is 6.87. The van der Waals surface area contributed by atoms with Crippen molar-refractivity contribution in [2.45, 2.75) is 46.3 Å². The molecule has 1 amide bonds. The summed E-state index contributed by atoms with van der Waals surface area (Å²) in [7, 11) is 1.60. The molecule has 0 unspecified atom stereocenters. The van der Waals surface area contributed by atoms with Gasteiger partial charge < -0.3 is 14.8 Å². The van der Waals surface area contributed by atoms with Gasteiger partial charge in [0.05, 0.1) is 7.11 Å². The van der Waals surface area contributed by atoms with Gasteiger partial charge in [0.25, 0.3) is 5.91 Å². The third-order valence-electron chi connectivity index (χ3n) is 4.24. The van der Waals surface area contributed by atoms with Crippen molar-refractivity contribution in [1.29, 1.82) is 0 Å². The van der Waals surface area contributed by atoms with Gasteiger partial charge in [-0.05, 0) is 48.6 Å². The molecule has 2 rings (SSSR count). The second kappa shape index (κ2) is 9.11. The van der Waals surface area contributed by atoms with Crippen LogP contribution >= 0.6 is 0 Å². The maximum atomic E-state index is 12.4. The number of hydrogen-bond donors (Lipinski definition) is 1. The van der Waals surface area contributed by atoms with Gasteiger partial charge in [-0.1, -0.05) is 38.1 Å². The molecule has 25 heavy (non-hydrogen) atoms. The quantitative estimate of drug-likeness (QED) is 0.792. The molecule has 0 spiro atoms. The Bertz CT molecular complexity index is 712. The monoisotopic (exact) mass is 341 g/mol. The van der Waals surface area contributed by atoms with Crippen LogP contribution < -0.4 is 14.8 Å². The number of rotatable bonds is 8. The van der Waals surface area contributed by atoms with Crippen molar-refractivity contribution in [3.8, 4) is 11.5 Å². The lowest BCUT2D eigenvalue weighted by Crippen LogP contribution is -2.36. The van der Waals surface area contributed by atoms with E-state index in [4.69, 9.17) is 9.47 Å². The minimum absolute atomic E-state index is 0.133. The average Bonchev–Trinajstić information content (AvgIpc) is 2.65. The highest BCUT2D eigenvalue weighted by Gasteiger charge is 2.15. The lowest BCUT2D eigenvalue weighted by molar-refractivity contribution is -0.127. The van der Waals surface area contributed by atoms with Crippen LogP contribution in [0.25, 0.3) is 0 Å². The van der Waals surface area contributed by atoms with Gasteiger partial charge in [0.15, 0.2) is 6.10 Å². The summed E-state index contributed by atoms with van der Waals surface area (Å²) in [6, 6.07) is 13.7. The van der Waals surface area contributed by atoms with Gasteiger partial charge in [0, 0.05) is 12.6 Å². The third kappa shape index (κ3) is 5.24. The predicted octanol–water partition coefficient (Wildman–Crippen LogP) is 3.90. The van der Waals surface area contributed by atoms with Crippen molar-refractivity contribution in [3.05, 3.63) is 59.2 Å². The maximum Gasteiger partial charge on any atom is 0.261 e. The summed E-state index contributed by atoms with van der Waals surface area (Å²) in [4.78, 5) is 12.4. The number of carbonyl (C=O) groups is 1. The first-order chi connectivity index (χ1) is 12.1. The van der Waals surface area contributed by atoms with Crippen LogP contribution in [0.4, 0.5) is 0 Å². The van der Waals surface area contributed by atoms with Crippen LogP contribution in [-0.2, 0) is 24.2 Å². The lowest BCUT2D eigenvalue weighted by Gasteiger charge is -2.16. The molecule has 4 nitrogen and oxygen atoms in total. The third-order valence-corrected chi connectivity index (χ3v) is 4.24. The van der Waals surface area contributed by atoms with E-state index in [1.54, 1.807) is 20.1 Å². The van der Waals surface area contributed by atoms with E-state index in [1.165, 1.54) is 16.7 Å². The molecule has 0 aliphatic heterocycles. The Morgan fingerprint density at radius 1 is 1.04 bits per heavy atom. The van der Waals surface area contributed by atoms with Crippen LogP contribution in [-0.4, -0.2) is 19.1 Å². The minimum Gasteiger partial charge on any atom is -0.497 e. The molecule has 2 aromatic rings. The topological polar surface area (TPSA) is 47.6 Å². The summed E-state index contributed by atoms with van der Waals surface area (Å²) >= 11 is 0. The molecule has 1 atom stereocenters. The van der Waals surface area contributed by atoms with Crippen LogP contribution in [0, 0.1) is 0 Å². The first kappa shape index (κ1) is 18.8. The standard InChI is InChI=1S/C21H27NO3/c1-5-16-10-11-17(6-2)18(12-16)14-22-21(23)15(3)25-20-9-7-8-19(13-20)24-4/h7-13,15H,5-6,14H2,1-4H3,(H,22,23)/t15-/m1/s1. The first-order valence-electron chi connectivity index (χ1n) is 8.76. The van der Waals surface area contributed by atoms with Crippen molar-refractivity contribution in [3.63, 3.8) is 0 Å². The lowest BCUT2D eigenvalue weighted by atomic mass is 10.0. The maximum absolute atomic E-state index is 12.4. The van der Waals surface area contributed by atoms with Gasteiger partial charge >= 0.3 is 0 Å². The number of benzene rings is 2. The van der Waals surface area contributed by atoms with E-state index in [9.17, 15) is 4.79 Å². The predicted molar refractivity (Wildman–Crippen MR) is 100 cm³/mol. The van der Waals surface area contributed by atoms with E-state index in [0.717, 1.165) is 12.8 Å². The second-order valence-corrected chi connectivity index (χ2v) is 5.97. The normalized spacial score (nSPS) is 11.7. The van der Waals surface area contributed by atoms with Crippen molar-refractivity contribution < 1.29 is 14.3 Å². The molecule has 0 fully saturated rings. The van der Waals surface area contributed by atoms with E-state index >= 15 is 0 Å². The zero-order valence-electron chi connectivity index (χ0n) is 15.5. The summed E-state index contributed by atoms with van der Waals surface area (Å²) in [6.07, 6.45) is 1.36. The Labute approximate surface area is 150 Å². The van der Waals surface area contributed by atoms with Gasteiger partial charge in [-0.2, -0.15) is 0 Å². The molecular weight excluding hydrogens is 314 g/mol. The largest absolute Gasteiger partial charge is 0.497 e. The number of amides is 1. The van der Waals surface area contributed by atoms with Gasteiger partial charge in [0.2, 0.25) is 0 Å². The van der Waals surface area contributed by atoms with E-state index < -0.39 is 6.10 Å². The van der Waals surface area contributed by atoms with Gasteiger partial charge in [-0.3, -0.25) is 4.79 Å². The van der Waals surface area contributed by atoms with E-state index in [2.05, 4.69) is 37.4 Å². The fourth-order valence-corrected chi connectivity index (χ4v) is 2.67. The molecule has 134 valence electrons. The zero-order chi connectivity index (χ0) is 18.2. The number of hydrogen-bond acceptors (Lipinski definition) is 3. The summed E-state index contributed by atoms with van der Waals surface area (Å²) in [5.74, 6) is 1.19. The summed E-state index contributed by atoms with van der Waals surface area (Å²) < 4.78 is 10.9. The molecule has 0 bridgehead atoms. The SMILES string of the molecule is CCc1ccc(CC)c(CNC(=O)[C@@H](C)Oc2cccc(OC)c2)c1. The highest BCUT2D eigenvalue weighted by molar-refractivity contribution is 5.80. The number of aryl methyl sites for hydroxylation is 2. The average molecular weight is 341 g/mol. The summed E-state index contributed by atoms with van der Waals surface area (Å²) in [6.45, 7) is 6.52. The van der Waals surface area contributed by atoms with Gasteiger partial charge in [-0.25, -0.2) is 0 Å². The molecule has 0 heterocycles. The molecule has 0 saturated carbocycles. The Hall–Kier alpha value is -2.49. The van der Waals surface area contributed by atoms with Crippen molar-refractivity contribution in [1.82, 2.24) is 5.32 Å². The smallest absolute Gasteiger partial charge is 0.261 e. The first-order valence-corrected chi connectivity index (χ1v) is 8.76.